The molecular formula is C14H16N2O3S. The fourth-order valence-corrected chi connectivity index (χ4v) is 4.60. The van der Waals surface area contributed by atoms with Crippen LogP contribution in [0.5, 0.6) is 0 Å². The molecule has 2 aromatic heterocycles. The van der Waals surface area contributed by atoms with Gasteiger partial charge in [-0.25, -0.2) is 13.4 Å². The normalized spacial score (nSPS) is 21.9. The van der Waals surface area contributed by atoms with E-state index >= 15 is 0 Å². The van der Waals surface area contributed by atoms with Crippen molar-refractivity contribution in [2.45, 2.75) is 30.9 Å². The summed E-state index contributed by atoms with van der Waals surface area (Å²) in [6.07, 6.45) is 7.30. The van der Waals surface area contributed by atoms with E-state index in [1.807, 2.05) is 10.6 Å². The number of carbonyl (C=O) groups excluding carboxylic acids is 1. The highest BCUT2D eigenvalue weighted by Crippen LogP contribution is 2.23. The van der Waals surface area contributed by atoms with Crippen LogP contribution in [0, 0.1) is 0 Å². The Morgan fingerprint density at radius 3 is 3.00 bits per heavy atom. The number of carbonyl (C=O) groups is 1. The summed E-state index contributed by atoms with van der Waals surface area (Å²) in [7, 11) is -2.98. The van der Waals surface area contributed by atoms with Gasteiger partial charge >= 0.3 is 0 Å². The molecule has 20 heavy (non-hydrogen) atoms. The van der Waals surface area contributed by atoms with Gasteiger partial charge in [0.25, 0.3) is 0 Å². The zero-order chi connectivity index (χ0) is 14.2. The van der Waals surface area contributed by atoms with Gasteiger partial charge in [-0.15, -0.1) is 0 Å². The van der Waals surface area contributed by atoms with Crippen LogP contribution in [0.3, 0.4) is 0 Å². The quantitative estimate of drug-likeness (QED) is 0.807. The highest BCUT2D eigenvalue weighted by Gasteiger charge is 2.29. The number of sulfone groups is 1. The van der Waals surface area contributed by atoms with Crippen molar-refractivity contribution in [1.82, 2.24) is 9.38 Å². The van der Waals surface area contributed by atoms with Crippen LogP contribution >= 0.6 is 0 Å². The second-order valence-corrected chi connectivity index (χ2v) is 7.67. The molecule has 0 bridgehead atoms. The third-order valence-corrected chi connectivity index (χ3v) is 6.10. The van der Waals surface area contributed by atoms with E-state index in [4.69, 9.17) is 0 Å². The zero-order valence-electron chi connectivity index (χ0n) is 11.0. The van der Waals surface area contributed by atoms with Crippen LogP contribution < -0.4 is 0 Å². The minimum Gasteiger partial charge on any atom is -0.307 e. The van der Waals surface area contributed by atoms with E-state index in [0.29, 0.717) is 23.4 Å². The average molecular weight is 292 g/mol. The monoisotopic (exact) mass is 292 g/mol. The molecule has 3 heterocycles. The van der Waals surface area contributed by atoms with E-state index in [2.05, 4.69) is 4.98 Å². The lowest BCUT2D eigenvalue weighted by Gasteiger charge is -2.21. The molecule has 1 atom stereocenters. The lowest BCUT2D eigenvalue weighted by molar-refractivity contribution is 0.112. The number of rotatable bonds is 3. The molecule has 0 amide bonds. The Bertz CT molecular complexity index is 749. The summed E-state index contributed by atoms with van der Waals surface area (Å²) in [5.41, 5.74) is 2.02. The summed E-state index contributed by atoms with van der Waals surface area (Å²) in [6.45, 7) is 0. The van der Waals surface area contributed by atoms with Crippen molar-refractivity contribution < 1.29 is 13.2 Å². The lowest BCUT2D eigenvalue weighted by atomic mass is 10.1. The van der Waals surface area contributed by atoms with Gasteiger partial charge in [-0.1, -0.05) is 6.42 Å². The standard InChI is InChI=1S/C14H16N2O3S/c17-10-11-4-5-16-9-12(15-14(16)7-11)8-13-3-1-2-6-20(13,18)19/h4-5,7,9-10,13H,1-3,6,8H2. The molecule has 3 rings (SSSR count). The Kier molecular flexibility index (Phi) is 3.33. The summed E-state index contributed by atoms with van der Waals surface area (Å²) >= 11 is 0. The first kappa shape index (κ1) is 13.3. The molecule has 0 spiro atoms. The van der Waals surface area contributed by atoms with Crippen LogP contribution in [-0.2, 0) is 16.3 Å². The zero-order valence-corrected chi connectivity index (χ0v) is 11.8. The first-order valence-corrected chi connectivity index (χ1v) is 8.44. The van der Waals surface area contributed by atoms with Crippen molar-refractivity contribution in [3.63, 3.8) is 0 Å². The van der Waals surface area contributed by atoms with Crippen LogP contribution in [0.4, 0.5) is 0 Å². The SMILES string of the molecule is O=Cc1ccn2cc(CC3CCCCS3(=O)=O)nc2c1. The number of hydrogen-bond acceptors (Lipinski definition) is 4. The molecular weight excluding hydrogens is 276 g/mol. The predicted molar refractivity (Wildman–Crippen MR) is 75.7 cm³/mol. The molecule has 0 N–H and O–H groups in total. The summed E-state index contributed by atoms with van der Waals surface area (Å²) < 4.78 is 25.9. The van der Waals surface area contributed by atoms with E-state index in [1.54, 1.807) is 18.3 Å². The number of pyridine rings is 1. The third-order valence-electron chi connectivity index (χ3n) is 3.82. The molecule has 1 saturated heterocycles. The van der Waals surface area contributed by atoms with Crippen LogP contribution in [0.2, 0.25) is 0 Å². The van der Waals surface area contributed by atoms with Crippen molar-refractivity contribution in [3.8, 4) is 0 Å². The van der Waals surface area contributed by atoms with Crippen LogP contribution in [-0.4, -0.2) is 35.1 Å². The molecule has 1 fully saturated rings. The first-order chi connectivity index (χ1) is 9.58. The second-order valence-electron chi connectivity index (χ2n) is 5.26. The molecule has 2 aromatic rings. The molecule has 0 aromatic carbocycles. The van der Waals surface area contributed by atoms with Crippen molar-refractivity contribution in [2.24, 2.45) is 0 Å². The van der Waals surface area contributed by atoms with Crippen molar-refractivity contribution in [3.05, 3.63) is 35.8 Å². The number of aldehydes is 1. The average Bonchev–Trinajstić information content (AvgIpc) is 2.82. The fraction of sp³-hybridized carbons (Fsp3) is 0.429. The largest absolute Gasteiger partial charge is 0.307 e. The van der Waals surface area contributed by atoms with E-state index < -0.39 is 9.84 Å². The molecule has 6 heteroatoms. The van der Waals surface area contributed by atoms with Crippen molar-refractivity contribution in [2.75, 3.05) is 5.75 Å². The van der Waals surface area contributed by atoms with E-state index in [1.165, 1.54) is 0 Å². The number of aromatic nitrogens is 2. The molecule has 1 unspecified atom stereocenters. The molecule has 1 aliphatic heterocycles. The Balaban J connectivity index is 1.89. The van der Waals surface area contributed by atoms with Gasteiger partial charge in [-0.05, 0) is 25.0 Å². The molecule has 0 aliphatic carbocycles. The molecule has 0 saturated carbocycles. The summed E-state index contributed by atoms with van der Waals surface area (Å²) in [4.78, 5) is 15.2. The maximum Gasteiger partial charge on any atom is 0.153 e. The Morgan fingerprint density at radius 1 is 1.40 bits per heavy atom. The van der Waals surface area contributed by atoms with Gasteiger partial charge in [0.15, 0.2) is 9.84 Å². The Hall–Kier alpha value is -1.69. The predicted octanol–water partition coefficient (Wildman–Crippen LogP) is 1.66. The summed E-state index contributed by atoms with van der Waals surface area (Å²) in [6, 6.07) is 3.41. The molecule has 0 radical (unpaired) electrons. The second kappa shape index (κ2) is 5.01. The van der Waals surface area contributed by atoms with Gasteiger partial charge in [-0.2, -0.15) is 0 Å². The Morgan fingerprint density at radius 2 is 2.25 bits per heavy atom. The van der Waals surface area contributed by atoms with Crippen LogP contribution in [0.15, 0.2) is 24.5 Å². The van der Waals surface area contributed by atoms with Gasteiger partial charge in [0.1, 0.15) is 11.9 Å². The third kappa shape index (κ3) is 2.47. The fourth-order valence-electron chi connectivity index (χ4n) is 2.71. The van der Waals surface area contributed by atoms with Gasteiger partial charge in [0.2, 0.25) is 0 Å². The molecule has 1 aliphatic rings. The van der Waals surface area contributed by atoms with Crippen molar-refractivity contribution >= 4 is 21.8 Å². The van der Waals surface area contributed by atoms with Crippen LogP contribution in [0.25, 0.3) is 5.65 Å². The lowest BCUT2D eigenvalue weighted by Crippen LogP contribution is -2.30. The van der Waals surface area contributed by atoms with Gasteiger partial charge in [0.05, 0.1) is 16.7 Å². The topological polar surface area (TPSA) is 68.5 Å². The molecule has 5 nitrogen and oxygen atoms in total. The summed E-state index contributed by atoms with van der Waals surface area (Å²) in [5.74, 6) is 0.292. The maximum absolute atomic E-state index is 12.0. The van der Waals surface area contributed by atoms with E-state index in [9.17, 15) is 13.2 Å². The first-order valence-electron chi connectivity index (χ1n) is 6.73. The molecule has 106 valence electrons. The minimum atomic E-state index is -2.98. The smallest absolute Gasteiger partial charge is 0.153 e. The van der Waals surface area contributed by atoms with E-state index in [0.717, 1.165) is 31.2 Å². The van der Waals surface area contributed by atoms with Crippen molar-refractivity contribution in [1.29, 1.82) is 0 Å². The number of hydrogen-bond donors (Lipinski definition) is 0. The number of fused-ring (bicyclic) bond motifs is 1. The van der Waals surface area contributed by atoms with Crippen LogP contribution in [0.1, 0.15) is 35.3 Å². The minimum absolute atomic E-state index is 0.292. The van der Waals surface area contributed by atoms with Gasteiger partial charge in [0, 0.05) is 24.4 Å². The highest BCUT2D eigenvalue weighted by atomic mass is 32.2. The van der Waals surface area contributed by atoms with Gasteiger partial charge in [-0.3, -0.25) is 4.79 Å². The van der Waals surface area contributed by atoms with Gasteiger partial charge < -0.3 is 4.40 Å². The highest BCUT2D eigenvalue weighted by molar-refractivity contribution is 7.92. The Labute approximate surface area is 117 Å². The summed E-state index contributed by atoms with van der Waals surface area (Å²) in [5, 5.41) is -0.313. The number of nitrogens with zero attached hydrogens (tertiary/aromatic N) is 2. The number of imidazole rings is 1. The maximum atomic E-state index is 12.0. The van der Waals surface area contributed by atoms with E-state index in [-0.39, 0.29) is 5.25 Å².